The normalized spacial score (nSPS) is 20.0. The summed E-state index contributed by atoms with van der Waals surface area (Å²) in [5.41, 5.74) is 0. The molecule has 0 aromatic heterocycles. The van der Waals surface area contributed by atoms with E-state index in [2.05, 4.69) is 41.4 Å². The molecule has 1 aliphatic rings. The summed E-state index contributed by atoms with van der Waals surface area (Å²) in [6, 6.07) is 0. The van der Waals surface area contributed by atoms with Crippen molar-refractivity contribution in [1.29, 1.82) is 0 Å². The third-order valence-corrected chi connectivity index (χ3v) is 3.46. The topological polar surface area (TPSA) is 48.9 Å². The molecule has 1 unspecified atom stereocenters. The van der Waals surface area contributed by atoms with Crippen LogP contribution in [0.2, 0.25) is 0 Å². The highest BCUT2D eigenvalue weighted by Gasteiger charge is 2.17. The molecule has 2 N–H and O–H groups in total. The zero-order valence-electron chi connectivity index (χ0n) is 13.9. The van der Waals surface area contributed by atoms with Crippen molar-refractivity contribution in [3.63, 3.8) is 0 Å². The van der Waals surface area contributed by atoms with E-state index in [1.54, 1.807) is 0 Å². The Morgan fingerprint density at radius 3 is 2.71 bits per heavy atom. The average molecular weight is 412 g/mol. The first-order valence-electron chi connectivity index (χ1n) is 8.08. The summed E-state index contributed by atoms with van der Waals surface area (Å²) in [5, 5.41) is 6.69. The number of morpholine rings is 1. The van der Waals surface area contributed by atoms with Crippen molar-refractivity contribution >= 4 is 29.9 Å². The van der Waals surface area contributed by atoms with Crippen molar-refractivity contribution in [1.82, 2.24) is 15.5 Å². The number of likely N-dealkylation sites (N-methyl/N-ethyl adjacent to an activating group) is 1. The lowest BCUT2D eigenvalue weighted by molar-refractivity contribution is -0.0136. The van der Waals surface area contributed by atoms with Gasteiger partial charge in [0, 0.05) is 26.2 Å². The highest BCUT2D eigenvalue weighted by Crippen LogP contribution is 2.03. The smallest absolute Gasteiger partial charge is 0.191 e. The minimum Gasteiger partial charge on any atom is -0.374 e. The fourth-order valence-electron chi connectivity index (χ4n) is 2.27. The SMILES string of the molecule is CCCCCCNC(=NCC1CN(C)CCO1)NCC.I. The first-order chi connectivity index (χ1) is 9.76. The molecule has 0 aromatic carbocycles. The molecule has 0 amide bonds. The minimum absolute atomic E-state index is 0. The van der Waals surface area contributed by atoms with Gasteiger partial charge in [-0.2, -0.15) is 0 Å². The van der Waals surface area contributed by atoms with Crippen molar-refractivity contribution in [2.24, 2.45) is 4.99 Å². The summed E-state index contributed by atoms with van der Waals surface area (Å²) >= 11 is 0. The molecule has 0 radical (unpaired) electrons. The van der Waals surface area contributed by atoms with Crippen LogP contribution < -0.4 is 10.6 Å². The van der Waals surface area contributed by atoms with Gasteiger partial charge in [-0.3, -0.25) is 4.99 Å². The molecule has 0 saturated carbocycles. The van der Waals surface area contributed by atoms with Gasteiger partial charge < -0.3 is 20.3 Å². The Bertz CT molecular complexity index is 276. The van der Waals surface area contributed by atoms with Gasteiger partial charge in [-0.05, 0) is 20.4 Å². The van der Waals surface area contributed by atoms with Crippen molar-refractivity contribution in [2.45, 2.75) is 45.6 Å². The van der Waals surface area contributed by atoms with Crippen LogP contribution in [0.15, 0.2) is 4.99 Å². The summed E-state index contributed by atoms with van der Waals surface area (Å²) in [6.45, 7) is 9.77. The molecule has 1 rings (SSSR count). The average Bonchev–Trinajstić information content (AvgIpc) is 2.44. The van der Waals surface area contributed by atoms with Gasteiger partial charge in [-0.1, -0.05) is 26.2 Å². The summed E-state index contributed by atoms with van der Waals surface area (Å²) in [4.78, 5) is 6.93. The first kappa shape index (κ1) is 20.9. The van der Waals surface area contributed by atoms with Gasteiger partial charge in [0.05, 0.1) is 19.3 Å². The quantitative estimate of drug-likeness (QED) is 0.277. The predicted molar refractivity (Wildman–Crippen MR) is 101 cm³/mol. The van der Waals surface area contributed by atoms with Gasteiger partial charge in [-0.15, -0.1) is 24.0 Å². The molecule has 126 valence electrons. The lowest BCUT2D eigenvalue weighted by atomic mass is 10.2. The molecule has 0 spiro atoms. The van der Waals surface area contributed by atoms with Gasteiger partial charge in [0.2, 0.25) is 0 Å². The standard InChI is InChI=1S/C15H32N4O.HI/c1-4-6-7-8-9-17-15(16-5-2)18-12-14-13-19(3)10-11-20-14;/h14H,4-13H2,1-3H3,(H2,16,17,18);1H. The molecule has 0 bridgehead atoms. The molecule has 1 fully saturated rings. The van der Waals surface area contributed by atoms with Crippen LogP contribution in [0.5, 0.6) is 0 Å². The van der Waals surface area contributed by atoms with Gasteiger partial charge in [0.25, 0.3) is 0 Å². The largest absolute Gasteiger partial charge is 0.374 e. The molecule has 1 heterocycles. The summed E-state index contributed by atoms with van der Waals surface area (Å²) in [5.74, 6) is 0.917. The lowest BCUT2D eigenvalue weighted by Gasteiger charge is -2.29. The highest BCUT2D eigenvalue weighted by molar-refractivity contribution is 14.0. The molecular weight excluding hydrogens is 379 g/mol. The van der Waals surface area contributed by atoms with Gasteiger partial charge in [-0.25, -0.2) is 0 Å². The maximum Gasteiger partial charge on any atom is 0.191 e. The number of ether oxygens (including phenoxy) is 1. The second-order valence-electron chi connectivity index (χ2n) is 5.46. The fraction of sp³-hybridized carbons (Fsp3) is 0.933. The van der Waals surface area contributed by atoms with E-state index in [0.29, 0.717) is 0 Å². The Labute approximate surface area is 147 Å². The second kappa shape index (κ2) is 13.6. The van der Waals surface area contributed by atoms with Crippen LogP contribution in [0, 0.1) is 0 Å². The second-order valence-corrected chi connectivity index (χ2v) is 5.46. The Balaban J connectivity index is 0.00000400. The Morgan fingerprint density at radius 2 is 2.05 bits per heavy atom. The number of hydrogen-bond acceptors (Lipinski definition) is 3. The van der Waals surface area contributed by atoms with Crippen LogP contribution >= 0.6 is 24.0 Å². The minimum atomic E-state index is 0. The monoisotopic (exact) mass is 412 g/mol. The van der Waals surface area contributed by atoms with Crippen molar-refractivity contribution in [3.05, 3.63) is 0 Å². The van der Waals surface area contributed by atoms with E-state index >= 15 is 0 Å². The molecular formula is C15H33IN4O. The van der Waals surface area contributed by atoms with Crippen LogP contribution in [0.25, 0.3) is 0 Å². The van der Waals surface area contributed by atoms with Crippen LogP contribution in [0.1, 0.15) is 39.5 Å². The molecule has 1 atom stereocenters. The van der Waals surface area contributed by atoms with Crippen molar-refractivity contribution < 1.29 is 4.74 Å². The highest BCUT2D eigenvalue weighted by atomic mass is 127. The lowest BCUT2D eigenvalue weighted by Crippen LogP contribution is -2.43. The maximum atomic E-state index is 5.73. The van der Waals surface area contributed by atoms with Gasteiger partial charge in [0.1, 0.15) is 0 Å². The van der Waals surface area contributed by atoms with E-state index in [4.69, 9.17) is 4.74 Å². The number of guanidine groups is 1. The first-order valence-corrected chi connectivity index (χ1v) is 8.08. The maximum absolute atomic E-state index is 5.73. The molecule has 0 aliphatic carbocycles. The van der Waals surface area contributed by atoms with Crippen LogP contribution in [0.4, 0.5) is 0 Å². The van der Waals surface area contributed by atoms with E-state index in [-0.39, 0.29) is 30.1 Å². The van der Waals surface area contributed by atoms with E-state index < -0.39 is 0 Å². The molecule has 1 aliphatic heterocycles. The predicted octanol–water partition coefficient (Wildman–Crippen LogP) is 2.07. The van der Waals surface area contributed by atoms with Crippen molar-refractivity contribution in [2.75, 3.05) is 46.4 Å². The van der Waals surface area contributed by atoms with E-state index in [0.717, 1.165) is 45.3 Å². The van der Waals surface area contributed by atoms with Crippen LogP contribution in [-0.2, 0) is 4.74 Å². The Kier molecular flexibility index (Phi) is 13.5. The van der Waals surface area contributed by atoms with E-state index in [1.807, 2.05) is 0 Å². The number of hydrogen-bond donors (Lipinski definition) is 2. The summed E-state index contributed by atoms with van der Waals surface area (Å²) in [6.07, 6.45) is 5.32. The number of nitrogens with one attached hydrogen (secondary N) is 2. The number of rotatable bonds is 8. The number of halogens is 1. The van der Waals surface area contributed by atoms with Gasteiger partial charge in [0.15, 0.2) is 5.96 Å². The van der Waals surface area contributed by atoms with Gasteiger partial charge >= 0.3 is 0 Å². The molecule has 21 heavy (non-hydrogen) atoms. The van der Waals surface area contributed by atoms with Crippen molar-refractivity contribution in [3.8, 4) is 0 Å². The summed E-state index contributed by atoms with van der Waals surface area (Å²) in [7, 11) is 2.14. The number of aliphatic imine (C=N–C) groups is 1. The third kappa shape index (κ3) is 10.3. The fourth-order valence-corrected chi connectivity index (χ4v) is 2.27. The zero-order chi connectivity index (χ0) is 14.6. The van der Waals surface area contributed by atoms with E-state index in [1.165, 1.54) is 25.7 Å². The third-order valence-electron chi connectivity index (χ3n) is 3.46. The zero-order valence-corrected chi connectivity index (χ0v) is 16.2. The molecule has 6 heteroatoms. The molecule has 0 aromatic rings. The number of unbranched alkanes of at least 4 members (excludes halogenated alkanes) is 3. The number of nitrogens with zero attached hydrogens (tertiary/aromatic N) is 2. The van der Waals surface area contributed by atoms with Crippen LogP contribution in [-0.4, -0.2) is 63.3 Å². The van der Waals surface area contributed by atoms with Crippen LogP contribution in [0.3, 0.4) is 0 Å². The molecule has 5 nitrogen and oxygen atoms in total. The molecule has 1 saturated heterocycles. The Hall–Kier alpha value is -0.0800. The Morgan fingerprint density at radius 1 is 1.24 bits per heavy atom. The summed E-state index contributed by atoms with van der Waals surface area (Å²) < 4.78 is 5.73. The van der Waals surface area contributed by atoms with E-state index in [9.17, 15) is 0 Å².